The van der Waals surface area contributed by atoms with Gasteiger partial charge in [0.2, 0.25) is 5.91 Å². The van der Waals surface area contributed by atoms with Crippen LogP contribution in [-0.2, 0) is 4.79 Å². The van der Waals surface area contributed by atoms with Gasteiger partial charge in [-0.15, -0.1) is 0 Å². The van der Waals surface area contributed by atoms with E-state index in [1.807, 2.05) is 55.8 Å². The van der Waals surface area contributed by atoms with Gasteiger partial charge in [-0.25, -0.2) is 0 Å². The highest BCUT2D eigenvalue weighted by Gasteiger charge is 2.21. The number of rotatable bonds is 10. The lowest BCUT2D eigenvalue weighted by Crippen LogP contribution is -2.48. The molecule has 28 heavy (non-hydrogen) atoms. The maximum atomic E-state index is 12.7. The maximum Gasteiger partial charge on any atom is 0.253 e. The SMILES string of the molecule is CSCCC(NC(=O)c1ccccc1Br)C(=O)NCCN(C)c1ccccc1. The predicted octanol–water partition coefficient (Wildman–Crippen LogP) is 3.55. The van der Waals surface area contributed by atoms with Crippen LogP contribution >= 0.6 is 27.7 Å². The Morgan fingerprint density at radius 2 is 1.79 bits per heavy atom. The Kier molecular flexibility index (Phi) is 9.37. The summed E-state index contributed by atoms with van der Waals surface area (Å²) < 4.78 is 0.709. The first-order valence-corrected chi connectivity index (χ1v) is 11.3. The van der Waals surface area contributed by atoms with E-state index in [0.29, 0.717) is 29.5 Å². The Morgan fingerprint density at radius 3 is 2.46 bits per heavy atom. The molecule has 2 N–H and O–H groups in total. The molecule has 2 aromatic carbocycles. The van der Waals surface area contributed by atoms with Crippen molar-refractivity contribution in [2.24, 2.45) is 0 Å². The van der Waals surface area contributed by atoms with E-state index < -0.39 is 6.04 Å². The number of amides is 2. The van der Waals surface area contributed by atoms with E-state index >= 15 is 0 Å². The molecule has 0 spiro atoms. The molecule has 0 bridgehead atoms. The van der Waals surface area contributed by atoms with E-state index in [1.54, 1.807) is 23.9 Å². The minimum absolute atomic E-state index is 0.157. The van der Waals surface area contributed by atoms with Crippen LogP contribution in [0.2, 0.25) is 0 Å². The summed E-state index contributed by atoms with van der Waals surface area (Å²) in [6, 6.07) is 16.6. The highest BCUT2D eigenvalue weighted by atomic mass is 79.9. The Bertz CT molecular complexity index is 773. The highest BCUT2D eigenvalue weighted by Crippen LogP contribution is 2.16. The van der Waals surface area contributed by atoms with Gasteiger partial charge >= 0.3 is 0 Å². The Morgan fingerprint density at radius 1 is 1.11 bits per heavy atom. The van der Waals surface area contributed by atoms with E-state index in [4.69, 9.17) is 0 Å². The van der Waals surface area contributed by atoms with Gasteiger partial charge < -0.3 is 15.5 Å². The molecular formula is C21H26BrN3O2S. The average Bonchev–Trinajstić information content (AvgIpc) is 2.71. The van der Waals surface area contributed by atoms with Gasteiger partial charge in [-0.1, -0.05) is 30.3 Å². The van der Waals surface area contributed by atoms with Crippen molar-refractivity contribution in [1.29, 1.82) is 0 Å². The van der Waals surface area contributed by atoms with Crippen LogP contribution in [0.25, 0.3) is 0 Å². The number of benzene rings is 2. The molecule has 0 fully saturated rings. The molecule has 2 amide bonds. The number of nitrogens with zero attached hydrogens (tertiary/aromatic N) is 1. The largest absolute Gasteiger partial charge is 0.373 e. The molecule has 7 heteroatoms. The lowest BCUT2D eigenvalue weighted by atomic mass is 10.1. The fraction of sp³-hybridized carbons (Fsp3) is 0.333. The van der Waals surface area contributed by atoms with Gasteiger partial charge in [-0.3, -0.25) is 9.59 Å². The molecule has 2 aromatic rings. The summed E-state index contributed by atoms with van der Waals surface area (Å²) in [5.41, 5.74) is 1.62. The van der Waals surface area contributed by atoms with Crippen molar-refractivity contribution >= 4 is 45.2 Å². The topological polar surface area (TPSA) is 61.4 Å². The predicted molar refractivity (Wildman–Crippen MR) is 121 cm³/mol. The lowest BCUT2D eigenvalue weighted by molar-refractivity contribution is -0.122. The highest BCUT2D eigenvalue weighted by molar-refractivity contribution is 9.10. The molecule has 0 aliphatic heterocycles. The summed E-state index contributed by atoms with van der Waals surface area (Å²) in [6.07, 6.45) is 2.57. The van der Waals surface area contributed by atoms with Crippen LogP contribution < -0.4 is 15.5 Å². The monoisotopic (exact) mass is 463 g/mol. The maximum absolute atomic E-state index is 12.7. The van der Waals surface area contributed by atoms with Crippen molar-refractivity contribution in [3.05, 3.63) is 64.6 Å². The third kappa shape index (κ3) is 6.87. The number of anilines is 1. The summed E-state index contributed by atoms with van der Waals surface area (Å²) in [5, 5.41) is 5.82. The smallest absolute Gasteiger partial charge is 0.253 e. The van der Waals surface area contributed by atoms with E-state index in [9.17, 15) is 9.59 Å². The molecule has 5 nitrogen and oxygen atoms in total. The quantitative estimate of drug-likeness (QED) is 0.565. The molecule has 0 saturated carbocycles. The minimum Gasteiger partial charge on any atom is -0.373 e. The van der Waals surface area contributed by atoms with Crippen molar-refractivity contribution in [2.75, 3.05) is 37.0 Å². The number of hydrogen-bond acceptors (Lipinski definition) is 4. The number of para-hydroxylation sites is 1. The zero-order valence-corrected chi connectivity index (χ0v) is 18.6. The van der Waals surface area contributed by atoms with Gasteiger partial charge in [0, 0.05) is 30.3 Å². The van der Waals surface area contributed by atoms with Crippen molar-refractivity contribution < 1.29 is 9.59 Å². The molecule has 0 saturated heterocycles. The number of likely N-dealkylation sites (N-methyl/N-ethyl adjacent to an activating group) is 1. The third-order valence-corrected chi connectivity index (χ3v) is 5.63. The van der Waals surface area contributed by atoms with Gasteiger partial charge in [0.15, 0.2) is 0 Å². The van der Waals surface area contributed by atoms with Crippen LogP contribution in [-0.4, -0.2) is 50.0 Å². The molecular weight excluding hydrogens is 438 g/mol. The second-order valence-corrected chi connectivity index (χ2v) is 8.18. The second-order valence-electron chi connectivity index (χ2n) is 6.34. The van der Waals surface area contributed by atoms with Gasteiger partial charge in [0.1, 0.15) is 6.04 Å². The van der Waals surface area contributed by atoms with Crippen molar-refractivity contribution in [3.63, 3.8) is 0 Å². The van der Waals surface area contributed by atoms with Gasteiger partial charge in [-0.2, -0.15) is 11.8 Å². The molecule has 150 valence electrons. The van der Waals surface area contributed by atoms with Crippen molar-refractivity contribution in [1.82, 2.24) is 10.6 Å². The standard InChI is InChI=1S/C21H26BrN3O2S/c1-25(16-8-4-3-5-9-16)14-13-23-21(27)19(12-15-28-2)24-20(26)17-10-6-7-11-18(17)22/h3-11,19H,12-15H2,1-2H3,(H,23,27)(H,24,26). The minimum atomic E-state index is -0.561. The summed E-state index contributed by atoms with van der Waals surface area (Å²) in [4.78, 5) is 27.3. The molecule has 0 aliphatic rings. The van der Waals surface area contributed by atoms with Crippen LogP contribution in [0.1, 0.15) is 16.8 Å². The van der Waals surface area contributed by atoms with E-state index in [2.05, 4.69) is 31.5 Å². The van der Waals surface area contributed by atoms with Crippen LogP contribution in [0.5, 0.6) is 0 Å². The molecule has 1 atom stereocenters. The third-order valence-electron chi connectivity index (χ3n) is 4.29. The van der Waals surface area contributed by atoms with Gasteiger partial charge in [-0.05, 0) is 58.6 Å². The number of carbonyl (C=O) groups excluding carboxylic acids is 2. The number of hydrogen-bond donors (Lipinski definition) is 2. The van der Waals surface area contributed by atoms with Crippen molar-refractivity contribution in [2.45, 2.75) is 12.5 Å². The summed E-state index contributed by atoms with van der Waals surface area (Å²) in [5.74, 6) is 0.379. The van der Waals surface area contributed by atoms with Crippen LogP contribution in [0.3, 0.4) is 0 Å². The van der Waals surface area contributed by atoms with E-state index in [0.717, 1.165) is 11.4 Å². The van der Waals surface area contributed by atoms with Crippen molar-refractivity contribution in [3.8, 4) is 0 Å². The first kappa shape index (κ1) is 22.3. The Labute approximate surface area is 179 Å². The lowest BCUT2D eigenvalue weighted by Gasteiger charge is -2.22. The van der Waals surface area contributed by atoms with Gasteiger partial charge in [0.05, 0.1) is 5.56 Å². The van der Waals surface area contributed by atoms with Crippen LogP contribution in [0.4, 0.5) is 5.69 Å². The average molecular weight is 464 g/mol. The second kappa shape index (κ2) is 11.8. The Balaban J connectivity index is 1.91. The molecule has 0 heterocycles. The number of carbonyl (C=O) groups is 2. The van der Waals surface area contributed by atoms with Gasteiger partial charge in [0.25, 0.3) is 5.91 Å². The van der Waals surface area contributed by atoms with E-state index in [-0.39, 0.29) is 11.8 Å². The summed E-state index contributed by atoms with van der Waals surface area (Å²) >= 11 is 5.04. The first-order valence-electron chi connectivity index (χ1n) is 9.11. The Hall–Kier alpha value is -1.99. The molecule has 2 rings (SSSR count). The van der Waals surface area contributed by atoms with E-state index in [1.165, 1.54) is 0 Å². The number of halogens is 1. The summed E-state index contributed by atoms with van der Waals surface area (Å²) in [6.45, 7) is 1.19. The number of nitrogens with one attached hydrogen (secondary N) is 2. The normalized spacial score (nSPS) is 11.5. The fourth-order valence-corrected chi connectivity index (χ4v) is 3.60. The summed E-state index contributed by atoms with van der Waals surface area (Å²) in [7, 11) is 1.99. The molecule has 1 unspecified atom stereocenters. The number of thioether (sulfide) groups is 1. The zero-order valence-electron chi connectivity index (χ0n) is 16.2. The first-order chi connectivity index (χ1) is 13.5. The van der Waals surface area contributed by atoms with Crippen LogP contribution in [0, 0.1) is 0 Å². The molecule has 0 aromatic heterocycles. The molecule has 0 aliphatic carbocycles. The zero-order chi connectivity index (χ0) is 20.4. The molecule has 0 radical (unpaired) electrons. The van der Waals surface area contributed by atoms with Crippen LogP contribution in [0.15, 0.2) is 59.1 Å². The fourth-order valence-electron chi connectivity index (χ4n) is 2.67.